The number of nitrogens with one attached hydrogen (secondary N) is 1. The first-order valence-corrected chi connectivity index (χ1v) is 7.64. The summed E-state index contributed by atoms with van der Waals surface area (Å²) in [6.07, 6.45) is 1.34. The molecule has 0 radical (unpaired) electrons. The van der Waals surface area contributed by atoms with Crippen LogP contribution < -0.4 is 5.32 Å². The molecule has 21 heavy (non-hydrogen) atoms. The standard InChI is InChI=1S/C14H16N4O2S/c1-8-7-21-12(16-8)5-11-17-10-3-4-15-6-9(10)13(18-11)14(19)20-2/h7,15H,3-6H2,1-2H3. The maximum absolute atomic E-state index is 11.9. The summed E-state index contributed by atoms with van der Waals surface area (Å²) in [5, 5.41) is 6.19. The summed E-state index contributed by atoms with van der Waals surface area (Å²) < 4.78 is 4.84. The van der Waals surface area contributed by atoms with Crippen molar-refractivity contribution < 1.29 is 9.53 Å². The number of carbonyl (C=O) groups is 1. The molecule has 3 rings (SSSR count). The van der Waals surface area contributed by atoms with Gasteiger partial charge < -0.3 is 10.1 Å². The van der Waals surface area contributed by atoms with Gasteiger partial charge in [0.15, 0.2) is 5.69 Å². The van der Waals surface area contributed by atoms with E-state index >= 15 is 0 Å². The van der Waals surface area contributed by atoms with Crippen LogP contribution in [0.25, 0.3) is 0 Å². The van der Waals surface area contributed by atoms with Crippen LogP contribution in [0.3, 0.4) is 0 Å². The molecule has 7 heteroatoms. The van der Waals surface area contributed by atoms with E-state index in [4.69, 9.17) is 4.74 Å². The van der Waals surface area contributed by atoms with Crippen molar-refractivity contribution in [3.63, 3.8) is 0 Å². The Bertz CT molecular complexity index is 684. The maximum atomic E-state index is 11.9. The number of carbonyl (C=O) groups excluding carboxylic acids is 1. The molecular formula is C14H16N4O2S. The monoisotopic (exact) mass is 304 g/mol. The van der Waals surface area contributed by atoms with Crippen molar-refractivity contribution in [2.45, 2.75) is 26.3 Å². The van der Waals surface area contributed by atoms with Crippen molar-refractivity contribution in [1.82, 2.24) is 20.3 Å². The number of fused-ring (bicyclic) bond motifs is 1. The molecule has 1 aliphatic heterocycles. The third-order valence-electron chi connectivity index (χ3n) is 3.33. The largest absolute Gasteiger partial charge is 0.464 e. The Morgan fingerprint density at radius 1 is 1.43 bits per heavy atom. The Morgan fingerprint density at radius 2 is 2.29 bits per heavy atom. The molecule has 0 saturated carbocycles. The van der Waals surface area contributed by atoms with Crippen molar-refractivity contribution >= 4 is 17.3 Å². The van der Waals surface area contributed by atoms with Crippen LogP contribution in [0, 0.1) is 6.92 Å². The van der Waals surface area contributed by atoms with Gasteiger partial charge in [0.05, 0.1) is 19.2 Å². The number of methoxy groups -OCH3 is 1. The van der Waals surface area contributed by atoms with Crippen LogP contribution in [0.15, 0.2) is 5.38 Å². The zero-order valence-electron chi connectivity index (χ0n) is 12.0. The lowest BCUT2D eigenvalue weighted by Gasteiger charge is -2.18. The summed E-state index contributed by atoms with van der Waals surface area (Å²) in [6.45, 7) is 3.43. The second-order valence-electron chi connectivity index (χ2n) is 4.89. The highest BCUT2D eigenvalue weighted by atomic mass is 32.1. The van der Waals surface area contributed by atoms with E-state index in [-0.39, 0.29) is 0 Å². The van der Waals surface area contributed by atoms with Crippen molar-refractivity contribution in [3.8, 4) is 0 Å². The van der Waals surface area contributed by atoms with Crippen LogP contribution in [0.5, 0.6) is 0 Å². The van der Waals surface area contributed by atoms with Crippen LogP contribution in [0.2, 0.25) is 0 Å². The zero-order valence-corrected chi connectivity index (χ0v) is 12.8. The lowest BCUT2D eigenvalue weighted by molar-refractivity contribution is 0.0591. The highest BCUT2D eigenvalue weighted by molar-refractivity contribution is 7.09. The summed E-state index contributed by atoms with van der Waals surface area (Å²) in [6, 6.07) is 0. The minimum atomic E-state index is -0.408. The van der Waals surface area contributed by atoms with E-state index in [1.54, 1.807) is 11.3 Å². The first kappa shape index (κ1) is 14.1. The van der Waals surface area contributed by atoms with Gasteiger partial charge in [0.2, 0.25) is 0 Å². The first-order chi connectivity index (χ1) is 10.2. The summed E-state index contributed by atoms with van der Waals surface area (Å²) in [7, 11) is 1.37. The fourth-order valence-corrected chi connectivity index (χ4v) is 3.13. The van der Waals surface area contributed by atoms with E-state index in [0.29, 0.717) is 24.5 Å². The Morgan fingerprint density at radius 3 is 3.00 bits per heavy atom. The SMILES string of the molecule is COC(=O)c1nc(Cc2nc(C)cs2)nc2c1CNCC2. The second-order valence-corrected chi connectivity index (χ2v) is 5.83. The molecule has 2 aromatic rings. The van der Waals surface area contributed by atoms with Crippen molar-refractivity contribution in [3.05, 3.63) is 38.9 Å². The predicted octanol–water partition coefficient (Wildman–Crippen LogP) is 1.26. The fraction of sp³-hybridized carbons (Fsp3) is 0.429. The molecule has 0 aromatic carbocycles. The fourth-order valence-electron chi connectivity index (χ4n) is 2.36. The number of hydrogen-bond donors (Lipinski definition) is 1. The van der Waals surface area contributed by atoms with Crippen LogP contribution in [0.1, 0.15) is 38.3 Å². The number of hydrogen-bond acceptors (Lipinski definition) is 7. The summed E-state index contributed by atoms with van der Waals surface area (Å²) in [4.78, 5) is 25.4. The molecule has 0 amide bonds. The van der Waals surface area contributed by atoms with Crippen LogP contribution in [-0.4, -0.2) is 34.6 Å². The molecule has 0 bridgehead atoms. The number of esters is 1. The average Bonchev–Trinajstić information content (AvgIpc) is 2.90. The third kappa shape index (κ3) is 2.93. The van der Waals surface area contributed by atoms with Crippen LogP contribution >= 0.6 is 11.3 Å². The first-order valence-electron chi connectivity index (χ1n) is 6.76. The van der Waals surface area contributed by atoms with E-state index in [1.165, 1.54) is 7.11 Å². The van der Waals surface area contributed by atoms with Gasteiger partial charge in [-0.3, -0.25) is 0 Å². The van der Waals surface area contributed by atoms with Gasteiger partial charge in [-0.25, -0.2) is 19.7 Å². The number of rotatable bonds is 3. The maximum Gasteiger partial charge on any atom is 0.357 e. The number of nitrogens with zero attached hydrogens (tertiary/aromatic N) is 3. The minimum absolute atomic E-state index is 0.373. The molecule has 2 aromatic heterocycles. The number of ether oxygens (including phenoxy) is 1. The minimum Gasteiger partial charge on any atom is -0.464 e. The van der Waals surface area contributed by atoms with E-state index in [1.807, 2.05) is 12.3 Å². The normalized spacial score (nSPS) is 13.8. The number of aryl methyl sites for hydroxylation is 1. The Balaban J connectivity index is 1.99. The third-order valence-corrected chi connectivity index (χ3v) is 4.30. The Hall–Kier alpha value is -1.86. The lowest BCUT2D eigenvalue weighted by Crippen LogP contribution is -2.28. The number of thiazole rings is 1. The molecule has 0 atom stereocenters. The molecule has 110 valence electrons. The molecule has 6 nitrogen and oxygen atoms in total. The van der Waals surface area contributed by atoms with Gasteiger partial charge in [0.1, 0.15) is 10.8 Å². The Labute approximate surface area is 126 Å². The van der Waals surface area contributed by atoms with Crippen molar-refractivity contribution in [1.29, 1.82) is 0 Å². The molecule has 0 fully saturated rings. The quantitative estimate of drug-likeness (QED) is 0.860. The molecule has 0 aliphatic carbocycles. The van der Waals surface area contributed by atoms with E-state index in [2.05, 4.69) is 20.3 Å². The highest BCUT2D eigenvalue weighted by Gasteiger charge is 2.22. The predicted molar refractivity (Wildman–Crippen MR) is 78.4 cm³/mol. The van der Waals surface area contributed by atoms with E-state index in [0.717, 1.165) is 34.9 Å². The van der Waals surface area contributed by atoms with E-state index in [9.17, 15) is 4.79 Å². The molecule has 0 unspecified atom stereocenters. The summed E-state index contributed by atoms with van der Waals surface area (Å²) >= 11 is 1.58. The Kier molecular flexibility index (Phi) is 3.94. The molecule has 3 heterocycles. The van der Waals surface area contributed by atoms with Crippen molar-refractivity contribution in [2.24, 2.45) is 0 Å². The number of aromatic nitrogens is 3. The summed E-state index contributed by atoms with van der Waals surface area (Å²) in [5.41, 5.74) is 3.16. The smallest absolute Gasteiger partial charge is 0.357 e. The molecule has 1 N–H and O–H groups in total. The van der Waals surface area contributed by atoms with Crippen LogP contribution in [-0.2, 0) is 24.1 Å². The molecular weight excluding hydrogens is 288 g/mol. The van der Waals surface area contributed by atoms with Gasteiger partial charge in [0, 0.05) is 36.1 Å². The second kappa shape index (κ2) is 5.87. The van der Waals surface area contributed by atoms with E-state index < -0.39 is 5.97 Å². The zero-order chi connectivity index (χ0) is 14.8. The average molecular weight is 304 g/mol. The molecule has 0 saturated heterocycles. The van der Waals surface area contributed by atoms with Gasteiger partial charge in [0.25, 0.3) is 0 Å². The van der Waals surface area contributed by atoms with Gasteiger partial charge >= 0.3 is 5.97 Å². The van der Waals surface area contributed by atoms with Crippen LogP contribution in [0.4, 0.5) is 0 Å². The molecule has 0 spiro atoms. The van der Waals surface area contributed by atoms with Gasteiger partial charge in [-0.05, 0) is 6.92 Å². The van der Waals surface area contributed by atoms with Gasteiger partial charge in [-0.15, -0.1) is 11.3 Å². The van der Waals surface area contributed by atoms with Crippen molar-refractivity contribution in [2.75, 3.05) is 13.7 Å². The molecule has 1 aliphatic rings. The van der Waals surface area contributed by atoms with Gasteiger partial charge in [-0.1, -0.05) is 0 Å². The summed E-state index contributed by atoms with van der Waals surface area (Å²) in [5.74, 6) is 0.222. The highest BCUT2D eigenvalue weighted by Crippen LogP contribution is 2.19. The topological polar surface area (TPSA) is 77.0 Å². The van der Waals surface area contributed by atoms with Gasteiger partial charge in [-0.2, -0.15) is 0 Å². The lowest BCUT2D eigenvalue weighted by atomic mass is 10.0.